The van der Waals surface area contributed by atoms with E-state index in [0.717, 1.165) is 47.6 Å². The number of fused-ring (bicyclic) bond motifs is 1. The first-order valence-corrected chi connectivity index (χ1v) is 16.5. The van der Waals surface area contributed by atoms with Gasteiger partial charge < -0.3 is 4.98 Å². The monoisotopic (exact) mass is 557 g/mol. The van der Waals surface area contributed by atoms with Crippen LogP contribution in [-0.2, 0) is 6.54 Å². The Balaban J connectivity index is 1.16. The summed E-state index contributed by atoms with van der Waals surface area (Å²) >= 11 is 0. The normalized spacial score (nSPS) is 12.2. The molecular weight excluding hydrogens is 522 g/mol. The summed E-state index contributed by atoms with van der Waals surface area (Å²) in [5, 5.41) is 5.31. The van der Waals surface area contributed by atoms with Crippen molar-refractivity contribution in [1.29, 1.82) is 0 Å². The molecule has 1 N–H and O–H groups in total. The minimum atomic E-state index is -2.18. The number of hydrogen-bond donors (Lipinski definition) is 1. The van der Waals surface area contributed by atoms with Crippen LogP contribution in [0, 0.1) is 5.82 Å². The molecule has 2 heterocycles. The third kappa shape index (κ3) is 5.92. The molecule has 2 nitrogen and oxygen atoms in total. The Bertz CT molecular complexity index is 1630. The van der Waals surface area contributed by atoms with Crippen LogP contribution in [0.3, 0.4) is 0 Å². The number of benzene rings is 4. The minimum Gasteiger partial charge on any atom is -0.0163 e. The van der Waals surface area contributed by atoms with Gasteiger partial charge in [0, 0.05) is 5.52 Å². The van der Waals surface area contributed by atoms with Gasteiger partial charge in [0.15, 0.2) is 0 Å². The average molecular weight is 558 g/mol. The van der Waals surface area contributed by atoms with Gasteiger partial charge in [0.2, 0.25) is 0 Å². The number of pyridine rings is 1. The first-order chi connectivity index (χ1) is 20.2. The van der Waals surface area contributed by atoms with Gasteiger partial charge in [-0.25, -0.2) is 4.39 Å². The molecule has 4 heteroatoms. The molecule has 0 saturated carbocycles. The molecule has 0 saturated heterocycles. The molecule has 0 bridgehead atoms. The van der Waals surface area contributed by atoms with Crippen molar-refractivity contribution in [3.8, 4) is 0 Å². The van der Waals surface area contributed by atoms with E-state index < -0.39 is 7.26 Å². The van der Waals surface area contributed by atoms with Crippen LogP contribution in [0.1, 0.15) is 24.0 Å². The molecular formula is C37H35FN2P+. The smallest absolute Gasteiger partial charge is 0.0163 e. The number of nitrogens with one attached hydrogen (secondary N) is 1. The van der Waals surface area contributed by atoms with E-state index in [0.29, 0.717) is 0 Å². The van der Waals surface area contributed by atoms with Crippen molar-refractivity contribution < 1.29 is 8.96 Å². The minimum absolute atomic E-state index is 0.219. The molecule has 41 heavy (non-hydrogen) atoms. The van der Waals surface area contributed by atoms with Gasteiger partial charge in [-0.1, -0.05) is 0 Å². The quantitative estimate of drug-likeness (QED) is 0.104. The molecule has 0 atom stereocenters. The summed E-state index contributed by atoms with van der Waals surface area (Å²) in [6.45, 7) is 0.981. The number of halogens is 1. The zero-order valence-corrected chi connectivity index (χ0v) is 24.1. The molecule has 6 aromatic rings. The second-order valence-corrected chi connectivity index (χ2v) is 14.6. The van der Waals surface area contributed by atoms with E-state index in [1.165, 1.54) is 22.0 Å². The number of unbranched alkanes of at least 4 members (excludes halogenated alkanes) is 1. The second-order valence-electron chi connectivity index (χ2n) is 10.6. The van der Waals surface area contributed by atoms with E-state index >= 15 is 0 Å². The summed E-state index contributed by atoms with van der Waals surface area (Å²) in [6.07, 6.45) is 13.8. The number of H-pyrrole nitrogens is 1. The Morgan fingerprint density at radius 3 is 1.83 bits per heavy atom. The molecule has 0 aliphatic heterocycles. The van der Waals surface area contributed by atoms with E-state index in [1.54, 1.807) is 12.1 Å². The van der Waals surface area contributed by atoms with Gasteiger partial charge in [0.25, 0.3) is 0 Å². The number of aromatic nitrogens is 2. The van der Waals surface area contributed by atoms with E-state index in [1.807, 2.05) is 12.3 Å². The van der Waals surface area contributed by atoms with Gasteiger partial charge in [-0.05, 0) is 18.2 Å². The zero-order valence-electron chi connectivity index (χ0n) is 23.1. The average Bonchev–Trinajstić information content (AvgIpc) is 3.44. The van der Waals surface area contributed by atoms with Crippen LogP contribution in [-0.4, -0.2) is 11.1 Å². The van der Waals surface area contributed by atoms with Gasteiger partial charge >= 0.3 is 204 Å². The molecule has 0 spiro atoms. The molecule has 204 valence electrons. The third-order valence-corrected chi connectivity index (χ3v) is 13.1. The number of nitrogens with zero attached hydrogens (tertiary/aromatic N) is 1. The Kier molecular flexibility index (Phi) is 8.16. The Hall–Kier alpha value is -4.33. The predicted octanol–water partition coefficient (Wildman–Crippen LogP) is 7.27. The van der Waals surface area contributed by atoms with Crippen molar-refractivity contribution in [2.75, 3.05) is 6.16 Å². The molecule has 2 aromatic heterocycles. The Morgan fingerprint density at radius 2 is 1.24 bits per heavy atom. The number of aryl methyl sites for hydroxylation is 1. The van der Waals surface area contributed by atoms with Gasteiger partial charge in [-0.3, -0.25) is 0 Å². The van der Waals surface area contributed by atoms with Crippen molar-refractivity contribution in [2.24, 2.45) is 0 Å². The van der Waals surface area contributed by atoms with Crippen molar-refractivity contribution in [3.05, 3.63) is 157 Å². The Morgan fingerprint density at radius 1 is 0.659 bits per heavy atom. The molecule has 0 aliphatic rings. The Labute approximate surface area is 242 Å². The van der Waals surface area contributed by atoms with Crippen molar-refractivity contribution in [1.82, 2.24) is 4.98 Å². The molecule has 0 amide bonds. The van der Waals surface area contributed by atoms with Gasteiger partial charge in [0.1, 0.15) is 5.82 Å². The number of hydrogen-bond acceptors (Lipinski definition) is 0. The van der Waals surface area contributed by atoms with Crippen LogP contribution < -0.4 is 20.5 Å². The molecule has 0 radical (unpaired) electrons. The van der Waals surface area contributed by atoms with Gasteiger partial charge in [-0.2, -0.15) is 0 Å². The van der Waals surface area contributed by atoms with Gasteiger partial charge in [0.05, 0.1) is 0 Å². The molecule has 4 aromatic carbocycles. The first-order valence-electron chi connectivity index (χ1n) is 14.3. The maximum absolute atomic E-state index is 13.7. The first kappa shape index (κ1) is 26.9. The number of rotatable bonds is 10. The fourth-order valence-electron chi connectivity index (χ4n) is 5.95. The SMILES string of the molecule is Fc1ccc2[nH]cc(/C=C/c3cc[n+](CCCC[PH](c4ccccc4)(c4ccccc4)c4ccccc4)cc3)c2c1. The molecule has 0 aliphatic carbocycles. The van der Waals surface area contributed by atoms with E-state index in [-0.39, 0.29) is 5.82 Å². The van der Waals surface area contributed by atoms with Crippen LogP contribution in [0.2, 0.25) is 0 Å². The van der Waals surface area contributed by atoms with Crippen LogP contribution in [0.5, 0.6) is 0 Å². The third-order valence-electron chi connectivity index (χ3n) is 8.07. The summed E-state index contributed by atoms with van der Waals surface area (Å²) in [6, 6.07) is 42.6. The van der Waals surface area contributed by atoms with Crippen LogP contribution in [0.15, 0.2) is 140 Å². The fraction of sp³-hybridized carbons (Fsp3) is 0.108. The standard InChI is InChI=1S/C37H34FN2P/c38-32-20-21-37-36(28-32)31(29-39-37)19-18-30-22-25-40(26-23-30)24-10-11-27-41(33-12-4-1-5-13-33,34-14-6-2-7-15-34)35-16-8-3-9-17-35/h1-9,12-23,25-26,28-29,41H,10-11,24,27H2/p+1. The van der Waals surface area contributed by atoms with Crippen molar-refractivity contribution in [2.45, 2.75) is 19.4 Å². The van der Waals surface area contributed by atoms with Crippen LogP contribution in [0.25, 0.3) is 23.1 Å². The van der Waals surface area contributed by atoms with E-state index in [4.69, 9.17) is 0 Å². The van der Waals surface area contributed by atoms with Crippen molar-refractivity contribution >= 4 is 46.2 Å². The fourth-order valence-corrected chi connectivity index (χ4v) is 10.9. The van der Waals surface area contributed by atoms with E-state index in [2.05, 4.69) is 131 Å². The summed E-state index contributed by atoms with van der Waals surface area (Å²) < 4.78 is 16.0. The van der Waals surface area contributed by atoms with Crippen LogP contribution in [0.4, 0.5) is 4.39 Å². The summed E-state index contributed by atoms with van der Waals surface area (Å²) in [4.78, 5) is 3.21. The summed E-state index contributed by atoms with van der Waals surface area (Å²) in [5.41, 5.74) is 3.05. The topological polar surface area (TPSA) is 19.7 Å². The van der Waals surface area contributed by atoms with Crippen LogP contribution >= 0.6 is 7.26 Å². The number of aromatic amines is 1. The molecule has 0 unspecified atom stereocenters. The van der Waals surface area contributed by atoms with E-state index in [9.17, 15) is 4.39 Å². The second kappa shape index (κ2) is 12.5. The molecule has 6 rings (SSSR count). The maximum atomic E-state index is 13.7. The summed E-state index contributed by atoms with van der Waals surface area (Å²) in [5.74, 6) is -0.219. The molecule has 0 fully saturated rings. The predicted molar refractivity (Wildman–Crippen MR) is 174 cm³/mol. The summed E-state index contributed by atoms with van der Waals surface area (Å²) in [7, 11) is -2.18. The van der Waals surface area contributed by atoms with Crippen molar-refractivity contribution in [3.63, 3.8) is 0 Å². The van der Waals surface area contributed by atoms with Gasteiger partial charge in [-0.15, -0.1) is 0 Å². The zero-order chi connectivity index (χ0) is 27.9.